The number of methoxy groups -OCH3 is 1. The molecule has 7 heteroatoms. The number of rotatable bonds is 13. The minimum atomic E-state index is -1.04. The van der Waals surface area contributed by atoms with Crippen molar-refractivity contribution >= 4 is 10.8 Å². The van der Waals surface area contributed by atoms with Crippen LogP contribution in [0.5, 0.6) is 11.5 Å². The Morgan fingerprint density at radius 1 is 0.600 bits per heavy atom. The summed E-state index contributed by atoms with van der Waals surface area (Å²) in [6, 6.07) is 41.4. The SMILES string of the molecule is COc1ccc(O[C@@H]2O[C@H](COCc3ccc4ccccc4c3)[C@H](O)[C@H](OCc3ccccc3)[C@H]2OCc2ccccc2)cc1. The van der Waals surface area contributed by atoms with E-state index in [-0.39, 0.29) is 13.2 Å². The van der Waals surface area contributed by atoms with Crippen molar-refractivity contribution in [3.8, 4) is 11.5 Å². The number of aliphatic hydroxyl groups excluding tert-OH is 1. The van der Waals surface area contributed by atoms with Crippen LogP contribution < -0.4 is 9.47 Å². The van der Waals surface area contributed by atoms with Crippen molar-refractivity contribution in [3.05, 3.63) is 144 Å². The molecule has 0 saturated carbocycles. The fraction of sp³-hybridized carbons (Fsp3) is 0.263. The summed E-state index contributed by atoms with van der Waals surface area (Å²) >= 11 is 0. The van der Waals surface area contributed by atoms with E-state index in [1.807, 2.05) is 97.1 Å². The van der Waals surface area contributed by atoms with Gasteiger partial charge in [-0.2, -0.15) is 0 Å². The van der Waals surface area contributed by atoms with Gasteiger partial charge in [-0.15, -0.1) is 0 Å². The lowest BCUT2D eigenvalue weighted by molar-refractivity contribution is -0.301. The van der Waals surface area contributed by atoms with Gasteiger partial charge in [0.25, 0.3) is 0 Å². The summed E-state index contributed by atoms with van der Waals surface area (Å²) < 4.78 is 37.1. The molecule has 5 aromatic carbocycles. The van der Waals surface area contributed by atoms with Crippen LogP contribution in [-0.2, 0) is 38.8 Å². The van der Waals surface area contributed by atoms with Crippen LogP contribution in [0.4, 0.5) is 0 Å². The monoisotopic (exact) mass is 606 g/mol. The normalized spacial score (nSPS) is 21.4. The molecule has 1 fully saturated rings. The van der Waals surface area contributed by atoms with E-state index >= 15 is 0 Å². The summed E-state index contributed by atoms with van der Waals surface area (Å²) in [5.74, 6) is 1.28. The van der Waals surface area contributed by atoms with E-state index in [0.717, 1.165) is 22.1 Å². The highest BCUT2D eigenvalue weighted by molar-refractivity contribution is 5.82. The maximum Gasteiger partial charge on any atom is 0.229 e. The van der Waals surface area contributed by atoms with Gasteiger partial charge in [-0.3, -0.25) is 0 Å². The Kier molecular flexibility index (Phi) is 10.4. The van der Waals surface area contributed by atoms with Crippen LogP contribution in [0.25, 0.3) is 10.8 Å². The van der Waals surface area contributed by atoms with Crippen molar-refractivity contribution in [2.45, 2.75) is 50.5 Å². The van der Waals surface area contributed by atoms with E-state index in [9.17, 15) is 5.11 Å². The first-order chi connectivity index (χ1) is 22.2. The molecule has 0 aromatic heterocycles. The molecule has 1 saturated heterocycles. The van der Waals surface area contributed by atoms with E-state index in [4.69, 9.17) is 28.4 Å². The maximum absolute atomic E-state index is 11.7. The van der Waals surface area contributed by atoms with Crippen LogP contribution in [0.1, 0.15) is 16.7 Å². The van der Waals surface area contributed by atoms with Gasteiger partial charge in [0, 0.05) is 0 Å². The zero-order chi connectivity index (χ0) is 30.8. The van der Waals surface area contributed by atoms with Crippen LogP contribution in [0.3, 0.4) is 0 Å². The molecule has 232 valence electrons. The summed E-state index contributed by atoms with van der Waals surface area (Å²) in [5.41, 5.74) is 3.00. The molecule has 5 aromatic rings. The van der Waals surface area contributed by atoms with Crippen LogP contribution in [0, 0.1) is 0 Å². The second kappa shape index (κ2) is 15.2. The first-order valence-electron chi connectivity index (χ1n) is 15.2. The first-order valence-corrected chi connectivity index (χ1v) is 15.2. The minimum absolute atomic E-state index is 0.132. The van der Waals surface area contributed by atoms with E-state index in [2.05, 4.69) is 30.3 Å². The van der Waals surface area contributed by atoms with Crippen molar-refractivity contribution < 1.29 is 33.5 Å². The Labute approximate surface area is 263 Å². The summed E-state index contributed by atoms with van der Waals surface area (Å²) in [6.07, 6.45) is -4.17. The predicted molar refractivity (Wildman–Crippen MR) is 172 cm³/mol. The average Bonchev–Trinajstić information content (AvgIpc) is 3.09. The number of hydrogen-bond donors (Lipinski definition) is 1. The Balaban J connectivity index is 1.22. The average molecular weight is 607 g/mol. The lowest BCUT2D eigenvalue weighted by Crippen LogP contribution is -2.61. The summed E-state index contributed by atoms with van der Waals surface area (Å²) in [7, 11) is 1.62. The molecule has 0 radical (unpaired) electrons. The number of ether oxygens (including phenoxy) is 6. The van der Waals surface area contributed by atoms with Gasteiger partial charge >= 0.3 is 0 Å². The molecule has 1 N–H and O–H groups in total. The second-order valence-electron chi connectivity index (χ2n) is 11.0. The van der Waals surface area contributed by atoms with Crippen molar-refractivity contribution in [1.82, 2.24) is 0 Å². The number of aliphatic hydroxyl groups is 1. The van der Waals surface area contributed by atoms with E-state index in [1.165, 1.54) is 5.39 Å². The summed E-state index contributed by atoms with van der Waals surface area (Å²) in [5, 5.41) is 14.0. The van der Waals surface area contributed by atoms with Crippen LogP contribution >= 0.6 is 0 Å². The summed E-state index contributed by atoms with van der Waals surface area (Å²) in [4.78, 5) is 0. The molecular weight excluding hydrogens is 568 g/mol. The highest BCUT2D eigenvalue weighted by Crippen LogP contribution is 2.31. The largest absolute Gasteiger partial charge is 0.497 e. The fourth-order valence-corrected chi connectivity index (χ4v) is 5.43. The highest BCUT2D eigenvalue weighted by atomic mass is 16.7. The smallest absolute Gasteiger partial charge is 0.229 e. The van der Waals surface area contributed by atoms with Gasteiger partial charge in [0.15, 0.2) is 0 Å². The first kappa shape index (κ1) is 30.8. The van der Waals surface area contributed by atoms with Gasteiger partial charge < -0.3 is 33.5 Å². The van der Waals surface area contributed by atoms with Gasteiger partial charge in [-0.1, -0.05) is 97.1 Å². The minimum Gasteiger partial charge on any atom is -0.497 e. The fourth-order valence-electron chi connectivity index (χ4n) is 5.43. The lowest BCUT2D eigenvalue weighted by atomic mass is 9.98. The standard InChI is InChI=1S/C38H38O7/c1-40-32-18-20-33(21-19-32)44-38-37(43-25-28-12-6-3-7-13-28)36(42-24-27-10-4-2-5-11-27)35(39)34(45-38)26-41-23-29-16-17-30-14-8-9-15-31(30)22-29/h2-22,34-39H,23-26H2,1H3/t34-,35+,36+,37-,38-/m1/s1. The third kappa shape index (κ3) is 8.08. The molecule has 1 aliphatic rings. The van der Waals surface area contributed by atoms with Gasteiger partial charge in [0.2, 0.25) is 6.29 Å². The zero-order valence-electron chi connectivity index (χ0n) is 25.2. The number of benzene rings is 5. The second-order valence-corrected chi connectivity index (χ2v) is 11.0. The molecule has 6 rings (SSSR count). The quantitative estimate of drug-likeness (QED) is 0.160. The van der Waals surface area contributed by atoms with Crippen molar-refractivity contribution in [2.24, 2.45) is 0 Å². The molecule has 1 heterocycles. The third-order valence-electron chi connectivity index (χ3n) is 7.87. The van der Waals surface area contributed by atoms with Crippen molar-refractivity contribution in [3.63, 3.8) is 0 Å². The van der Waals surface area contributed by atoms with Gasteiger partial charge in [0.05, 0.1) is 33.5 Å². The van der Waals surface area contributed by atoms with E-state index in [1.54, 1.807) is 7.11 Å². The highest BCUT2D eigenvalue weighted by Gasteiger charge is 2.48. The number of hydrogen-bond acceptors (Lipinski definition) is 7. The Morgan fingerprint density at radius 3 is 1.87 bits per heavy atom. The summed E-state index contributed by atoms with van der Waals surface area (Å²) in [6.45, 7) is 1.07. The van der Waals surface area contributed by atoms with Gasteiger partial charge in [-0.05, 0) is 57.8 Å². The van der Waals surface area contributed by atoms with Crippen molar-refractivity contribution in [2.75, 3.05) is 13.7 Å². The van der Waals surface area contributed by atoms with Crippen LogP contribution in [0.15, 0.2) is 127 Å². The molecule has 0 unspecified atom stereocenters. The van der Waals surface area contributed by atoms with Gasteiger partial charge in [-0.25, -0.2) is 0 Å². The van der Waals surface area contributed by atoms with Crippen LogP contribution in [-0.4, -0.2) is 49.5 Å². The molecule has 45 heavy (non-hydrogen) atoms. The molecule has 0 aliphatic carbocycles. The van der Waals surface area contributed by atoms with Crippen LogP contribution in [0.2, 0.25) is 0 Å². The van der Waals surface area contributed by atoms with Crippen molar-refractivity contribution in [1.29, 1.82) is 0 Å². The molecule has 0 amide bonds. The molecule has 7 nitrogen and oxygen atoms in total. The molecular formula is C38H38O7. The van der Waals surface area contributed by atoms with E-state index < -0.39 is 30.7 Å². The Morgan fingerprint density at radius 2 is 1.20 bits per heavy atom. The predicted octanol–water partition coefficient (Wildman–Crippen LogP) is 6.70. The number of fused-ring (bicyclic) bond motifs is 1. The third-order valence-corrected chi connectivity index (χ3v) is 7.87. The van der Waals surface area contributed by atoms with E-state index in [0.29, 0.717) is 24.7 Å². The molecule has 0 bridgehead atoms. The Hall–Kier alpha value is -4.24. The zero-order valence-corrected chi connectivity index (χ0v) is 25.2. The lowest BCUT2D eigenvalue weighted by Gasteiger charge is -2.44. The van der Waals surface area contributed by atoms with Gasteiger partial charge in [0.1, 0.15) is 35.9 Å². The topological polar surface area (TPSA) is 75.6 Å². The molecule has 1 aliphatic heterocycles. The molecule has 5 atom stereocenters. The molecule has 0 spiro atoms. The maximum atomic E-state index is 11.7. The Bertz CT molecular complexity index is 1610.